The summed E-state index contributed by atoms with van der Waals surface area (Å²) in [6.07, 6.45) is 2.93. The van der Waals surface area contributed by atoms with Gasteiger partial charge >= 0.3 is 0 Å². The first-order valence-corrected chi connectivity index (χ1v) is 6.84. The molecule has 0 bridgehead atoms. The number of rotatable bonds is 5. The number of nitrogens with zero attached hydrogens (tertiary/aromatic N) is 1. The summed E-state index contributed by atoms with van der Waals surface area (Å²) in [6, 6.07) is 4.96. The molecule has 0 spiro atoms. The SMILES string of the molecule is O=[N+]([O-])c1cccc(S(=O)(=O)CC=CCCl)c1. The van der Waals surface area contributed by atoms with Gasteiger partial charge in [-0.3, -0.25) is 10.1 Å². The maximum Gasteiger partial charge on any atom is 0.270 e. The van der Waals surface area contributed by atoms with Gasteiger partial charge in [-0.15, -0.1) is 11.6 Å². The maximum atomic E-state index is 11.8. The molecule has 0 unspecified atom stereocenters. The molecule has 0 atom stereocenters. The van der Waals surface area contributed by atoms with Crippen molar-refractivity contribution in [1.29, 1.82) is 0 Å². The van der Waals surface area contributed by atoms with Crippen LogP contribution in [0.3, 0.4) is 0 Å². The van der Waals surface area contributed by atoms with Crippen molar-refractivity contribution >= 4 is 27.1 Å². The van der Waals surface area contributed by atoms with Crippen LogP contribution < -0.4 is 0 Å². The van der Waals surface area contributed by atoms with Crippen LogP contribution in [0.25, 0.3) is 0 Å². The van der Waals surface area contributed by atoms with E-state index in [1.807, 2.05) is 0 Å². The highest BCUT2D eigenvalue weighted by Crippen LogP contribution is 2.18. The first-order valence-electron chi connectivity index (χ1n) is 4.65. The lowest BCUT2D eigenvalue weighted by molar-refractivity contribution is -0.385. The molecule has 0 radical (unpaired) electrons. The topological polar surface area (TPSA) is 77.3 Å². The number of nitro benzene ring substituents is 1. The van der Waals surface area contributed by atoms with Gasteiger partial charge in [0.2, 0.25) is 0 Å². The number of nitro groups is 1. The van der Waals surface area contributed by atoms with Gasteiger partial charge in [0.15, 0.2) is 9.84 Å². The van der Waals surface area contributed by atoms with E-state index in [0.29, 0.717) is 0 Å². The molecule has 0 amide bonds. The molecule has 0 saturated heterocycles. The Bertz CT molecular complexity index is 539. The lowest BCUT2D eigenvalue weighted by Crippen LogP contribution is -2.05. The zero-order valence-electron chi connectivity index (χ0n) is 8.74. The summed E-state index contributed by atoms with van der Waals surface area (Å²) in [5.74, 6) is 0.00530. The molecule has 1 aromatic carbocycles. The fourth-order valence-corrected chi connectivity index (χ4v) is 2.44. The van der Waals surface area contributed by atoms with E-state index in [2.05, 4.69) is 0 Å². The van der Waals surface area contributed by atoms with E-state index in [1.54, 1.807) is 0 Å². The molecule has 1 aromatic rings. The van der Waals surface area contributed by atoms with Gasteiger partial charge in [0.1, 0.15) is 0 Å². The van der Waals surface area contributed by atoms with Crippen molar-refractivity contribution < 1.29 is 13.3 Å². The summed E-state index contributed by atoms with van der Waals surface area (Å²) >= 11 is 5.37. The van der Waals surface area contributed by atoms with Crippen LogP contribution in [0.5, 0.6) is 0 Å². The van der Waals surface area contributed by atoms with Gasteiger partial charge in [-0.05, 0) is 6.07 Å². The lowest BCUT2D eigenvalue weighted by atomic mass is 10.3. The minimum Gasteiger partial charge on any atom is -0.258 e. The number of sulfone groups is 1. The van der Waals surface area contributed by atoms with E-state index < -0.39 is 14.8 Å². The molecular formula is C10H10ClNO4S. The van der Waals surface area contributed by atoms with Crippen molar-refractivity contribution in [2.24, 2.45) is 0 Å². The van der Waals surface area contributed by atoms with Crippen molar-refractivity contribution in [3.05, 3.63) is 46.5 Å². The standard InChI is InChI=1S/C10H10ClNO4S/c11-6-1-2-7-17(15,16)10-5-3-4-9(8-10)12(13)14/h1-5,8H,6-7H2. The van der Waals surface area contributed by atoms with E-state index in [9.17, 15) is 18.5 Å². The molecule has 0 heterocycles. The second-order valence-electron chi connectivity index (χ2n) is 3.16. The Morgan fingerprint density at radius 3 is 2.65 bits per heavy atom. The molecule has 0 aliphatic rings. The number of non-ortho nitro benzene ring substituents is 1. The van der Waals surface area contributed by atoms with Crippen LogP contribution in [0.1, 0.15) is 0 Å². The first kappa shape index (κ1) is 13.7. The predicted octanol–water partition coefficient (Wildman–Crippen LogP) is 2.16. The normalized spacial score (nSPS) is 11.8. The summed E-state index contributed by atoms with van der Waals surface area (Å²) in [6.45, 7) is 0. The average molecular weight is 276 g/mol. The summed E-state index contributed by atoms with van der Waals surface area (Å²) in [5, 5.41) is 10.5. The third kappa shape index (κ3) is 3.83. The monoisotopic (exact) mass is 275 g/mol. The summed E-state index contributed by atoms with van der Waals surface area (Å²) in [7, 11) is -3.54. The minimum absolute atomic E-state index is 0.0640. The third-order valence-corrected chi connectivity index (χ3v) is 3.74. The molecule has 92 valence electrons. The van der Waals surface area contributed by atoms with E-state index in [-0.39, 0.29) is 22.2 Å². The van der Waals surface area contributed by atoms with Gasteiger partial charge in [-0.2, -0.15) is 0 Å². The average Bonchev–Trinajstić information content (AvgIpc) is 2.29. The molecule has 0 aromatic heterocycles. The molecule has 5 nitrogen and oxygen atoms in total. The lowest BCUT2D eigenvalue weighted by Gasteiger charge is -2.00. The highest BCUT2D eigenvalue weighted by atomic mass is 35.5. The van der Waals surface area contributed by atoms with Crippen LogP contribution in [0.15, 0.2) is 41.3 Å². The smallest absolute Gasteiger partial charge is 0.258 e. The van der Waals surface area contributed by atoms with Crippen molar-refractivity contribution in [3.8, 4) is 0 Å². The summed E-state index contributed by atoms with van der Waals surface area (Å²) in [5.41, 5.74) is -0.243. The Hall–Kier alpha value is -1.40. The minimum atomic E-state index is -3.54. The van der Waals surface area contributed by atoms with Crippen LogP contribution in [-0.4, -0.2) is 25.0 Å². The number of allylic oxidation sites excluding steroid dienone is 1. The Kier molecular flexibility index (Phi) is 4.65. The summed E-state index contributed by atoms with van der Waals surface area (Å²) in [4.78, 5) is 9.82. The largest absolute Gasteiger partial charge is 0.270 e. The van der Waals surface area contributed by atoms with Crippen molar-refractivity contribution in [1.82, 2.24) is 0 Å². The number of alkyl halides is 1. The number of benzene rings is 1. The van der Waals surface area contributed by atoms with Gasteiger partial charge in [0.25, 0.3) is 5.69 Å². The van der Waals surface area contributed by atoms with Gasteiger partial charge in [0.05, 0.1) is 15.6 Å². The first-order chi connectivity index (χ1) is 7.97. The summed E-state index contributed by atoms with van der Waals surface area (Å²) < 4.78 is 23.5. The zero-order valence-corrected chi connectivity index (χ0v) is 10.3. The van der Waals surface area contributed by atoms with Crippen LogP contribution in [0, 0.1) is 10.1 Å². The molecule has 0 fully saturated rings. The molecule has 0 aliphatic heterocycles. The Labute approximate surface area is 104 Å². The van der Waals surface area contributed by atoms with Crippen LogP contribution in [0.4, 0.5) is 5.69 Å². The quantitative estimate of drug-likeness (QED) is 0.357. The molecule has 17 heavy (non-hydrogen) atoms. The molecular weight excluding hydrogens is 266 g/mol. The van der Waals surface area contributed by atoms with Crippen molar-refractivity contribution in [2.45, 2.75) is 4.90 Å². The number of hydrogen-bond donors (Lipinski definition) is 0. The van der Waals surface area contributed by atoms with Crippen LogP contribution in [-0.2, 0) is 9.84 Å². The molecule has 0 aliphatic carbocycles. The van der Waals surface area contributed by atoms with Gasteiger partial charge in [0, 0.05) is 18.0 Å². The Balaban J connectivity index is 3.03. The molecule has 0 N–H and O–H groups in total. The molecule has 7 heteroatoms. The van der Waals surface area contributed by atoms with Gasteiger partial charge < -0.3 is 0 Å². The van der Waals surface area contributed by atoms with Crippen LogP contribution in [0.2, 0.25) is 0 Å². The second kappa shape index (κ2) is 5.79. The van der Waals surface area contributed by atoms with Gasteiger partial charge in [-0.25, -0.2) is 8.42 Å². The van der Waals surface area contributed by atoms with E-state index >= 15 is 0 Å². The van der Waals surface area contributed by atoms with E-state index in [1.165, 1.54) is 30.4 Å². The predicted molar refractivity (Wildman–Crippen MR) is 65.0 cm³/mol. The van der Waals surface area contributed by atoms with Crippen molar-refractivity contribution in [2.75, 3.05) is 11.6 Å². The van der Waals surface area contributed by atoms with Crippen molar-refractivity contribution in [3.63, 3.8) is 0 Å². The fourth-order valence-electron chi connectivity index (χ4n) is 1.14. The van der Waals surface area contributed by atoms with E-state index in [4.69, 9.17) is 11.6 Å². The molecule has 0 saturated carbocycles. The van der Waals surface area contributed by atoms with Crippen LogP contribution >= 0.6 is 11.6 Å². The number of halogens is 1. The fraction of sp³-hybridized carbons (Fsp3) is 0.200. The highest BCUT2D eigenvalue weighted by Gasteiger charge is 2.16. The second-order valence-corrected chi connectivity index (χ2v) is 5.50. The third-order valence-electron chi connectivity index (χ3n) is 1.96. The molecule has 1 rings (SSSR count). The Morgan fingerprint density at radius 1 is 1.35 bits per heavy atom. The highest BCUT2D eigenvalue weighted by molar-refractivity contribution is 7.91. The van der Waals surface area contributed by atoms with Gasteiger partial charge in [-0.1, -0.05) is 18.2 Å². The zero-order chi connectivity index (χ0) is 12.9. The van der Waals surface area contributed by atoms with E-state index in [0.717, 1.165) is 6.07 Å². The Morgan fingerprint density at radius 2 is 2.06 bits per heavy atom. The number of hydrogen-bond acceptors (Lipinski definition) is 4. The maximum absolute atomic E-state index is 11.8.